The molecule has 0 N–H and O–H groups in total. The maximum absolute atomic E-state index is 13.3. The Balaban J connectivity index is 1.24. The maximum Gasteiger partial charge on any atom is 0.241 e. The first-order chi connectivity index (χ1) is 18.3. The van der Waals surface area contributed by atoms with Crippen molar-refractivity contribution in [2.24, 2.45) is 0 Å². The van der Waals surface area contributed by atoms with Crippen LogP contribution in [0.2, 0.25) is 0 Å². The number of aromatic nitrogens is 4. The summed E-state index contributed by atoms with van der Waals surface area (Å²) in [7, 11) is -3.70. The smallest absolute Gasteiger partial charge is 0.241 e. The highest BCUT2D eigenvalue weighted by atomic mass is 32.2. The number of carbonyl (C=O) groups excluding carboxylic acids is 1. The zero-order valence-corrected chi connectivity index (χ0v) is 21.8. The van der Waals surface area contributed by atoms with Gasteiger partial charge in [-0.15, -0.1) is 5.10 Å². The van der Waals surface area contributed by atoms with Crippen LogP contribution in [0.5, 0.6) is 0 Å². The Morgan fingerprint density at radius 3 is 2.50 bits per heavy atom. The first kappa shape index (κ1) is 26.4. The fraction of sp³-hybridized carbons (Fsp3) is 0.440. The van der Waals surface area contributed by atoms with Gasteiger partial charge in [0.25, 0.3) is 0 Å². The summed E-state index contributed by atoms with van der Waals surface area (Å²) in [5, 5.41) is 8.27. The van der Waals surface area contributed by atoms with Crippen molar-refractivity contribution in [1.82, 2.24) is 29.2 Å². The van der Waals surface area contributed by atoms with E-state index in [-0.39, 0.29) is 37.6 Å². The predicted molar refractivity (Wildman–Crippen MR) is 134 cm³/mol. The van der Waals surface area contributed by atoms with Crippen molar-refractivity contribution in [2.45, 2.75) is 45.3 Å². The molecule has 11 nitrogen and oxygen atoms in total. The van der Waals surface area contributed by atoms with Crippen LogP contribution in [0.3, 0.4) is 0 Å². The third kappa shape index (κ3) is 6.07. The van der Waals surface area contributed by atoms with Gasteiger partial charge in [0.2, 0.25) is 21.9 Å². The SMILES string of the molecule is CC1C(=O)N(Cc2cn(CCC3OCCO3)nn2)CCS(=O)(=O)N1Cc1ccc(-c2ccc(F)nc2)cc1. The highest BCUT2D eigenvalue weighted by Crippen LogP contribution is 2.23. The van der Waals surface area contributed by atoms with Gasteiger partial charge in [-0.1, -0.05) is 29.5 Å². The third-order valence-electron chi connectivity index (χ3n) is 6.65. The molecule has 202 valence electrons. The van der Waals surface area contributed by atoms with Crippen molar-refractivity contribution >= 4 is 15.9 Å². The number of sulfonamides is 1. The first-order valence-corrected chi connectivity index (χ1v) is 14.0. The van der Waals surface area contributed by atoms with E-state index in [0.29, 0.717) is 31.9 Å². The molecule has 2 fully saturated rings. The van der Waals surface area contributed by atoms with E-state index in [9.17, 15) is 17.6 Å². The molecule has 38 heavy (non-hydrogen) atoms. The summed E-state index contributed by atoms with van der Waals surface area (Å²) in [6.45, 7) is 3.63. The van der Waals surface area contributed by atoms with Crippen molar-refractivity contribution in [2.75, 3.05) is 25.5 Å². The maximum atomic E-state index is 13.3. The number of pyridine rings is 1. The lowest BCUT2D eigenvalue weighted by Gasteiger charge is -2.26. The molecule has 0 aliphatic carbocycles. The van der Waals surface area contributed by atoms with E-state index in [1.54, 1.807) is 36.0 Å². The second-order valence-corrected chi connectivity index (χ2v) is 11.3. The number of amides is 1. The molecular formula is C25H29FN6O5S. The lowest BCUT2D eigenvalue weighted by atomic mass is 10.1. The molecule has 2 aromatic heterocycles. The lowest BCUT2D eigenvalue weighted by Crippen LogP contribution is -2.45. The van der Waals surface area contributed by atoms with Gasteiger partial charge in [-0.2, -0.15) is 8.70 Å². The predicted octanol–water partition coefficient (Wildman–Crippen LogP) is 1.80. The number of nitrogens with zero attached hydrogens (tertiary/aromatic N) is 6. The second-order valence-electron chi connectivity index (χ2n) is 9.30. The largest absolute Gasteiger partial charge is 0.350 e. The first-order valence-electron chi connectivity index (χ1n) is 12.4. The van der Waals surface area contributed by atoms with Gasteiger partial charge in [-0.25, -0.2) is 13.4 Å². The zero-order chi connectivity index (χ0) is 26.7. The van der Waals surface area contributed by atoms with E-state index < -0.39 is 22.0 Å². The van der Waals surface area contributed by atoms with Gasteiger partial charge in [0.15, 0.2) is 6.29 Å². The van der Waals surface area contributed by atoms with Gasteiger partial charge in [-0.3, -0.25) is 9.48 Å². The van der Waals surface area contributed by atoms with Crippen molar-refractivity contribution in [3.05, 3.63) is 66.0 Å². The number of rotatable bonds is 8. The molecule has 0 bridgehead atoms. The van der Waals surface area contributed by atoms with Crippen molar-refractivity contribution in [3.8, 4) is 11.1 Å². The summed E-state index contributed by atoms with van der Waals surface area (Å²) in [5.41, 5.74) is 2.89. The van der Waals surface area contributed by atoms with Gasteiger partial charge in [0, 0.05) is 37.8 Å². The van der Waals surface area contributed by atoms with Crippen LogP contribution in [0.4, 0.5) is 4.39 Å². The summed E-state index contributed by atoms with van der Waals surface area (Å²) in [6, 6.07) is 9.27. The molecule has 0 saturated carbocycles. The Kier molecular flexibility index (Phi) is 7.79. The molecule has 13 heteroatoms. The van der Waals surface area contributed by atoms with Crippen LogP contribution in [0.25, 0.3) is 11.1 Å². The van der Waals surface area contributed by atoms with Crippen LogP contribution < -0.4 is 0 Å². The Morgan fingerprint density at radius 1 is 1.05 bits per heavy atom. The Bertz CT molecular complexity index is 1360. The van der Waals surface area contributed by atoms with E-state index in [2.05, 4.69) is 15.3 Å². The minimum Gasteiger partial charge on any atom is -0.350 e. The van der Waals surface area contributed by atoms with Crippen LogP contribution in [-0.4, -0.2) is 81.4 Å². The van der Waals surface area contributed by atoms with Gasteiger partial charge in [-0.05, 0) is 30.2 Å². The summed E-state index contributed by atoms with van der Waals surface area (Å²) < 4.78 is 53.2. The molecular weight excluding hydrogens is 515 g/mol. The van der Waals surface area contributed by atoms with Crippen LogP contribution in [0.1, 0.15) is 24.6 Å². The molecule has 0 radical (unpaired) electrons. The van der Waals surface area contributed by atoms with Gasteiger partial charge in [0.05, 0.1) is 31.7 Å². The summed E-state index contributed by atoms with van der Waals surface area (Å²) >= 11 is 0. The Hall–Kier alpha value is -3.26. The van der Waals surface area contributed by atoms with E-state index in [1.165, 1.54) is 21.5 Å². The monoisotopic (exact) mass is 544 g/mol. The Labute approximate surface area is 220 Å². The molecule has 4 heterocycles. The molecule has 1 aromatic carbocycles. The number of aryl methyl sites for hydroxylation is 1. The summed E-state index contributed by atoms with van der Waals surface area (Å²) in [4.78, 5) is 18.5. The zero-order valence-electron chi connectivity index (χ0n) is 20.9. The number of ether oxygens (including phenoxy) is 2. The highest BCUT2D eigenvalue weighted by molar-refractivity contribution is 7.89. The molecule has 2 aliphatic heterocycles. The van der Waals surface area contributed by atoms with Crippen LogP contribution >= 0.6 is 0 Å². The molecule has 1 amide bonds. The highest BCUT2D eigenvalue weighted by Gasteiger charge is 2.38. The Morgan fingerprint density at radius 2 is 1.79 bits per heavy atom. The number of halogens is 1. The van der Waals surface area contributed by atoms with Gasteiger partial charge < -0.3 is 14.4 Å². The van der Waals surface area contributed by atoms with Crippen molar-refractivity contribution in [1.29, 1.82) is 0 Å². The fourth-order valence-corrected chi connectivity index (χ4v) is 6.13. The normalized spacial score (nSPS) is 20.6. The molecule has 1 atom stereocenters. The third-order valence-corrected chi connectivity index (χ3v) is 8.51. The van der Waals surface area contributed by atoms with E-state index in [1.807, 2.05) is 12.1 Å². The summed E-state index contributed by atoms with van der Waals surface area (Å²) in [5.74, 6) is -1.03. The summed E-state index contributed by atoms with van der Waals surface area (Å²) in [6.07, 6.45) is 3.58. The molecule has 2 saturated heterocycles. The average Bonchev–Trinajstić information content (AvgIpc) is 3.59. The minimum atomic E-state index is -3.70. The van der Waals surface area contributed by atoms with Crippen LogP contribution in [0, 0.1) is 5.95 Å². The molecule has 2 aliphatic rings. The van der Waals surface area contributed by atoms with Gasteiger partial charge in [0.1, 0.15) is 11.7 Å². The van der Waals surface area contributed by atoms with E-state index in [0.717, 1.165) is 16.7 Å². The number of carbonyl (C=O) groups is 1. The van der Waals surface area contributed by atoms with Crippen molar-refractivity contribution < 1.29 is 27.1 Å². The number of hydrogen-bond donors (Lipinski definition) is 0. The fourth-order valence-electron chi connectivity index (χ4n) is 4.53. The minimum absolute atomic E-state index is 0.0620. The topological polar surface area (TPSA) is 120 Å². The molecule has 3 aromatic rings. The van der Waals surface area contributed by atoms with Gasteiger partial charge >= 0.3 is 0 Å². The quantitative estimate of drug-likeness (QED) is 0.394. The van der Waals surface area contributed by atoms with E-state index in [4.69, 9.17) is 9.47 Å². The second kappa shape index (κ2) is 11.2. The molecule has 1 unspecified atom stereocenters. The standard InChI is InChI=1S/C25H29FN6O5S/c1-18-25(33)30(16-22-17-31(29-28-22)9-8-24-36-11-12-37-24)10-13-38(34,35)32(18)15-19-2-4-20(5-3-19)21-6-7-23(26)27-14-21/h2-7,14,17-18,24H,8-13,15-16H2,1H3. The van der Waals surface area contributed by atoms with Crippen LogP contribution in [0.15, 0.2) is 48.8 Å². The van der Waals surface area contributed by atoms with Crippen molar-refractivity contribution in [3.63, 3.8) is 0 Å². The average molecular weight is 545 g/mol. The molecule has 5 rings (SSSR count). The van der Waals surface area contributed by atoms with Crippen LogP contribution in [-0.2, 0) is 43.9 Å². The molecule has 0 spiro atoms. The number of benzene rings is 1. The lowest BCUT2D eigenvalue weighted by molar-refractivity contribution is -0.134. The van der Waals surface area contributed by atoms with E-state index >= 15 is 0 Å². The number of hydrogen-bond acceptors (Lipinski definition) is 8.